The van der Waals surface area contributed by atoms with Crippen LogP contribution in [0.4, 0.5) is 5.69 Å². The van der Waals surface area contributed by atoms with E-state index < -0.39 is 0 Å². The second-order valence-corrected chi connectivity index (χ2v) is 8.15. The van der Waals surface area contributed by atoms with Gasteiger partial charge in [0, 0.05) is 37.4 Å². The molecule has 1 saturated heterocycles. The van der Waals surface area contributed by atoms with E-state index in [1.165, 1.54) is 17.0 Å². The highest BCUT2D eigenvalue weighted by Gasteiger charge is 2.28. The lowest BCUT2D eigenvalue weighted by Crippen LogP contribution is -2.48. The molecule has 5 rings (SSSR count). The van der Waals surface area contributed by atoms with Gasteiger partial charge in [-0.25, -0.2) is 4.98 Å². The van der Waals surface area contributed by atoms with Crippen LogP contribution in [-0.2, 0) is 0 Å². The van der Waals surface area contributed by atoms with E-state index in [0.29, 0.717) is 23.7 Å². The number of para-hydroxylation sites is 1. The summed E-state index contributed by atoms with van der Waals surface area (Å²) in [6.07, 6.45) is 1.63. The summed E-state index contributed by atoms with van der Waals surface area (Å²) in [5.41, 5.74) is 2.87. The maximum Gasteiger partial charge on any atom is 0.266 e. The van der Waals surface area contributed by atoms with Gasteiger partial charge in [-0.15, -0.1) is 11.3 Å². The molecule has 5 nitrogen and oxygen atoms in total. The lowest BCUT2D eigenvalue weighted by atomic mass is 10.1. The number of hydrogen-bond acceptors (Lipinski definition) is 5. The average Bonchev–Trinajstić information content (AvgIpc) is 3.50. The number of furan rings is 1. The molecule has 1 amide bonds. The van der Waals surface area contributed by atoms with E-state index in [-0.39, 0.29) is 5.91 Å². The van der Waals surface area contributed by atoms with E-state index in [1.54, 1.807) is 6.26 Å². The Hall–Kier alpha value is -3.38. The van der Waals surface area contributed by atoms with Gasteiger partial charge in [0.2, 0.25) is 0 Å². The maximum atomic E-state index is 13.5. The molecule has 4 aromatic rings. The highest BCUT2D eigenvalue weighted by molar-refractivity contribution is 7.17. The summed E-state index contributed by atoms with van der Waals surface area (Å²) < 4.78 is 5.53. The predicted molar refractivity (Wildman–Crippen MR) is 120 cm³/mol. The fourth-order valence-corrected chi connectivity index (χ4v) is 4.74. The van der Waals surface area contributed by atoms with Crippen LogP contribution < -0.4 is 4.90 Å². The minimum atomic E-state index is 0.0388. The van der Waals surface area contributed by atoms with Crippen molar-refractivity contribution in [1.29, 1.82) is 0 Å². The number of anilines is 1. The minimum Gasteiger partial charge on any atom is -0.462 e. The van der Waals surface area contributed by atoms with Crippen LogP contribution in [0.15, 0.2) is 83.5 Å². The van der Waals surface area contributed by atoms with Crippen molar-refractivity contribution in [1.82, 2.24) is 9.88 Å². The van der Waals surface area contributed by atoms with E-state index in [4.69, 9.17) is 9.40 Å². The van der Waals surface area contributed by atoms with Crippen molar-refractivity contribution >= 4 is 22.9 Å². The number of aromatic nitrogens is 1. The average molecular weight is 416 g/mol. The summed E-state index contributed by atoms with van der Waals surface area (Å²) >= 11 is 1.40. The van der Waals surface area contributed by atoms with Gasteiger partial charge >= 0.3 is 0 Å². The Morgan fingerprint density at radius 3 is 2.23 bits per heavy atom. The van der Waals surface area contributed by atoms with Gasteiger partial charge in [0.1, 0.15) is 4.88 Å². The zero-order valence-corrected chi connectivity index (χ0v) is 17.2. The van der Waals surface area contributed by atoms with Crippen LogP contribution >= 0.6 is 11.3 Å². The largest absolute Gasteiger partial charge is 0.462 e. The lowest BCUT2D eigenvalue weighted by molar-refractivity contribution is 0.0752. The monoisotopic (exact) mass is 415 g/mol. The molecule has 1 fully saturated rings. The van der Waals surface area contributed by atoms with Crippen LogP contribution in [0, 0.1) is 0 Å². The highest BCUT2D eigenvalue weighted by Crippen LogP contribution is 2.35. The van der Waals surface area contributed by atoms with Crippen LogP contribution in [0.3, 0.4) is 0 Å². The first-order chi connectivity index (χ1) is 14.8. The molecule has 6 heteroatoms. The van der Waals surface area contributed by atoms with Crippen molar-refractivity contribution in [2.45, 2.75) is 0 Å². The fraction of sp³-hybridized carbons (Fsp3) is 0.167. The van der Waals surface area contributed by atoms with E-state index in [1.807, 2.05) is 65.6 Å². The Bertz CT molecular complexity index is 1120. The fourth-order valence-electron chi connectivity index (χ4n) is 3.71. The number of nitrogens with zero attached hydrogens (tertiary/aromatic N) is 3. The lowest BCUT2D eigenvalue weighted by Gasteiger charge is -2.36. The van der Waals surface area contributed by atoms with Gasteiger partial charge in [0.15, 0.2) is 10.8 Å². The Morgan fingerprint density at radius 1 is 0.867 bits per heavy atom. The van der Waals surface area contributed by atoms with Crippen LogP contribution in [0.2, 0.25) is 0 Å². The molecule has 2 aromatic heterocycles. The molecule has 2 aromatic carbocycles. The third-order valence-electron chi connectivity index (χ3n) is 5.29. The predicted octanol–water partition coefficient (Wildman–Crippen LogP) is 5.03. The molecule has 30 heavy (non-hydrogen) atoms. The molecule has 0 N–H and O–H groups in total. The molecule has 0 bridgehead atoms. The number of carbonyl (C=O) groups excluding carboxylic acids is 1. The Morgan fingerprint density at radius 2 is 1.57 bits per heavy atom. The number of piperazine rings is 1. The van der Waals surface area contributed by atoms with Crippen molar-refractivity contribution in [3.8, 4) is 22.0 Å². The third-order valence-corrected chi connectivity index (χ3v) is 6.35. The van der Waals surface area contributed by atoms with Crippen LogP contribution in [-0.4, -0.2) is 42.0 Å². The van der Waals surface area contributed by atoms with Gasteiger partial charge in [0.05, 0.1) is 12.0 Å². The molecular weight excluding hydrogens is 394 g/mol. The summed E-state index contributed by atoms with van der Waals surface area (Å²) in [7, 11) is 0. The van der Waals surface area contributed by atoms with Crippen molar-refractivity contribution in [3.63, 3.8) is 0 Å². The van der Waals surface area contributed by atoms with Gasteiger partial charge in [-0.1, -0.05) is 48.5 Å². The van der Waals surface area contributed by atoms with Gasteiger partial charge in [-0.05, 0) is 24.3 Å². The first kappa shape index (κ1) is 18.6. The van der Waals surface area contributed by atoms with Gasteiger partial charge < -0.3 is 14.2 Å². The molecule has 3 heterocycles. The Labute approximate surface area is 179 Å². The van der Waals surface area contributed by atoms with Gasteiger partial charge in [-0.3, -0.25) is 4.79 Å². The van der Waals surface area contributed by atoms with Crippen LogP contribution in [0.25, 0.3) is 22.0 Å². The zero-order valence-electron chi connectivity index (χ0n) is 16.4. The van der Waals surface area contributed by atoms with Crippen molar-refractivity contribution in [2.24, 2.45) is 0 Å². The first-order valence-electron chi connectivity index (χ1n) is 9.99. The molecule has 1 aliphatic heterocycles. The standard InChI is InChI=1S/C24H21N3O2S/c28-24(27-15-13-26(14-16-27)19-10-5-2-6-11-19)22-21(18-8-3-1-4-9-18)25-23(30-22)20-12-7-17-29-20/h1-12,17H,13-16H2. The molecular formula is C24H21N3O2S. The summed E-state index contributed by atoms with van der Waals surface area (Å²) in [5.74, 6) is 0.724. The van der Waals surface area contributed by atoms with Crippen LogP contribution in [0.5, 0.6) is 0 Å². The van der Waals surface area contributed by atoms with E-state index in [9.17, 15) is 4.79 Å². The van der Waals surface area contributed by atoms with Crippen LogP contribution in [0.1, 0.15) is 9.67 Å². The van der Waals surface area contributed by atoms with Gasteiger partial charge in [-0.2, -0.15) is 0 Å². The second kappa shape index (κ2) is 8.16. The zero-order chi connectivity index (χ0) is 20.3. The number of thiazole rings is 1. The number of carbonyl (C=O) groups is 1. The maximum absolute atomic E-state index is 13.5. The topological polar surface area (TPSA) is 49.6 Å². The van der Waals surface area contributed by atoms with E-state index >= 15 is 0 Å². The highest BCUT2D eigenvalue weighted by atomic mass is 32.1. The smallest absolute Gasteiger partial charge is 0.266 e. The van der Waals surface area contributed by atoms with E-state index in [0.717, 1.165) is 29.4 Å². The van der Waals surface area contributed by atoms with Crippen molar-refractivity contribution in [2.75, 3.05) is 31.1 Å². The van der Waals surface area contributed by atoms with Crippen molar-refractivity contribution in [3.05, 3.63) is 83.9 Å². The third kappa shape index (κ3) is 3.62. The van der Waals surface area contributed by atoms with Crippen molar-refractivity contribution < 1.29 is 9.21 Å². The van der Waals surface area contributed by atoms with E-state index in [2.05, 4.69) is 17.0 Å². The quantitative estimate of drug-likeness (QED) is 0.469. The summed E-state index contributed by atoms with van der Waals surface area (Å²) in [4.78, 5) is 23.2. The molecule has 0 aliphatic carbocycles. The summed E-state index contributed by atoms with van der Waals surface area (Å²) in [6, 6.07) is 23.9. The summed E-state index contributed by atoms with van der Waals surface area (Å²) in [6.45, 7) is 3.02. The molecule has 1 aliphatic rings. The molecule has 0 unspecified atom stereocenters. The molecule has 150 valence electrons. The molecule has 0 saturated carbocycles. The summed E-state index contributed by atoms with van der Waals surface area (Å²) in [5, 5.41) is 0.727. The molecule has 0 spiro atoms. The van der Waals surface area contributed by atoms with Gasteiger partial charge in [0.25, 0.3) is 5.91 Å². The number of rotatable bonds is 4. The minimum absolute atomic E-state index is 0.0388. The Kier molecular flexibility index (Phi) is 5.07. The number of hydrogen-bond donors (Lipinski definition) is 0. The molecule has 0 atom stereocenters. The SMILES string of the molecule is O=C(c1sc(-c2ccco2)nc1-c1ccccc1)N1CCN(c2ccccc2)CC1. The first-order valence-corrected chi connectivity index (χ1v) is 10.8. The number of benzene rings is 2. The molecule has 0 radical (unpaired) electrons. The second-order valence-electron chi connectivity index (χ2n) is 7.15. The Balaban J connectivity index is 1.41. The normalized spacial score (nSPS) is 14.1. The number of amides is 1.